The van der Waals surface area contributed by atoms with Crippen LogP contribution >= 0.6 is 0 Å². The Morgan fingerprint density at radius 2 is 1.79 bits per heavy atom. The maximum atomic E-state index is 12.2. The molecule has 28 heavy (non-hydrogen) atoms. The molecule has 3 saturated carbocycles. The van der Waals surface area contributed by atoms with E-state index in [4.69, 9.17) is 0 Å². The van der Waals surface area contributed by atoms with Crippen molar-refractivity contribution < 1.29 is 5.11 Å². The second-order valence-corrected chi connectivity index (χ2v) is 12.2. The Morgan fingerprint density at radius 1 is 1.00 bits per heavy atom. The van der Waals surface area contributed by atoms with Crippen molar-refractivity contribution in [2.75, 3.05) is 0 Å². The topological polar surface area (TPSA) is 20.2 Å². The molecular weight excluding hydrogens is 340 g/mol. The number of rotatable bonds is 5. The standard InChI is InChI=1S/C27H46O/c1-19(2)9-8-10-20(3)22-12-13-23-26(22,5)17-15-24-25(4)16-7-6-11-21(25)14-18-27(23,24)28/h14,19-20,22-24,28H,6-13,15-18H2,1-5H3/t20-,22-,23-,24-,25+,26-,27?/m1/s1. The lowest BCUT2D eigenvalue weighted by Gasteiger charge is -2.62. The highest BCUT2D eigenvalue weighted by Crippen LogP contribution is 2.68. The lowest BCUT2D eigenvalue weighted by atomic mass is 9.45. The lowest BCUT2D eigenvalue weighted by Crippen LogP contribution is -2.61. The molecule has 0 aliphatic heterocycles. The summed E-state index contributed by atoms with van der Waals surface area (Å²) in [6, 6.07) is 0. The van der Waals surface area contributed by atoms with Crippen molar-refractivity contribution in [3.05, 3.63) is 11.6 Å². The quantitative estimate of drug-likeness (QED) is 0.484. The zero-order valence-corrected chi connectivity index (χ0v) is 19.4. The molecule has 0 bridgehead atoms. The van der Waals surface area contributed by atoms with Gasteiger partial charge in [0.05, 0.1) is 5.60 Å². The van der Waals surface area contributed by atoms with Crippen molar-refractivity contribution in [3.8, 4) is 0 Å². The average molecular weight is 387 g/mol. The second-order valence-electron chi connectivity index (χ2n) is 12.2. The Kier molecular flexibility index (Phi) is 5.56. The van der Waals surface area contributed by atoms with Gasteiger partial charge in [0.1, 0.15) is 0 Å². The minimum Gasteiger partial charge on any atom is -0.389 e. The van der Waals surface area contributed by atoms with E-state index < -0.39 is 5.60 Å². The van der Waals surface area contributed by atoms with Crippen LogP contribution in [-0.4, -0.2) is 10.7 Å². The van der Waals surface area contributed by atoms with Gasteiger partial charge in [0.15, 0.2) is 0 Å². The fourth-order valence-electron chi connectivity index (χ4n) is 8.81. The Bertz CT molecular complexity index is 605. The van der Waals surface area contributed by atoms with Crippen LogP contribution in [0, 0.1) is 40.4 Å². The molecule has 0 spiro atoms. The van der Waals surface area contributed by atoms with E-state index in [1.807, 2.05) is 0 Å². The van der Waals surface area contributed by atoms with E-state index in [1.54, 1.807) is 5.57 Å². The average Bonchev–Trinajstić information content (AvgIpc) is 2.99. The van der Waals surface area contributed by atoms with Crippen LogP contribution in [0.1, 0.15) is 112 Å². The van der Waals surface area contributed by atoms with Crippen LogP contribution in [0.3, 0.4) is 0 Å². The summed E-state index contributed by atoms with van der Waals surface area (Å²) in [5, 5.41) is 12.2. The lowest BCUT2D eigenvalue weighted by molar-refractivity contribution is -0.180. The third-order valence-electron chi connectivity index (χ3n) is 10.3. The zero-order chi connectivity index (χ0) is 20.2. The third kappa shape index (κ3) is 3.14. The summed E-state index contributed by atoms with van der Waals surface area (Å²) in [7, 11) is 0. The van der Waals surface area contributed by atoms with Gasteiger partial charge in [-0.05, 0) is 91.8 Å². The predicted octanol–water partition coefficient (Wildman–Crippen LogP) is 7.53. The summed E-state index contributed by atoms with van der Waals surface area (Å²) in [5.41, 5.74) is 1.91. The zero-order valence-electron chi connectivity index (χ0n) is 19.4. The molecule has 0 radical (unpaired) electrons. The smallest absolute Gasteiger partial charge is 0.0751 e. The highest BCUT2D eigenvalue weighted by atomic mass is 16.3. The molecule has 1 nitrogen and oxygen atoms in total. The van der Waals surface area contributed by atoms with Crippen molar-refractivity contribution in [2.45, 2.75) is 117 Å². The number of aliphatic hydroxyl groups is 1. The first kappa shape index (κ1) is 21.0. The van der Waals surface area contributed by atoms with E-state index in [0.29, 0.717) is 17.3 Å². The molecular formula is C27H46O. The van der Waals surface area contributed by atoms with Crippen molar-refractivity contribution in [2.24, 2.45) is 40.4 Å². The molecule has 7 atom stereocenters. The van der Waals surface area contributed by atoms with E-state index in [2.05, 4.69) is 40.7 Å². The summed E-state index contributed by atoms with van der Waals surface area (Å²) >= 11 is 0. The molecule has 4 rings (SSSR count). The highest BCUT2D eigenvalue weighted by molar-refractivity contribution is 5.28. The number of allylic oxidation sites excluding steroid dienone is 1. The summed E-state index contributed by atoms with van der Waals surface area (Å²) in [6.07, 6.45) is 18.1. The van der Waals surface area contributed by atoms with Gasteiger partial charge >= 0.3 is 0 Å². The van der Waals surface area contributed by atoms with E-state index >= 15 is 0 Å². The van der Waals surface area contributed by atoms with Gasteiger partial charge in [-0.25, -0.2) is 0 Å². The van der Waals surface area contributed by atoms with Crippen LogP contribution in [0.25, 0.3) is 0 Å². The van der Waals surface area contributed by atoms with Gasteiger partial charge in [0.2, 0.25) is 0 Å². The molecule has 0 heterocycles. The molecule has 0 aromatic rings. The maximum Gasteiger partial charge on any atom is 0.0751 e. The first-order chi connectivity index (χ1) is 13.2. The molecule has 4 aliphatic rings. The summed E-state index contributed by atoms with van der Waals surface area (Å²) in [6.45, 7) is 12.3. The van der Waals surface area contributed by atoms with Gasteiger partial charge in [-0.1, -0.05) is 72.0 Å². The van der Waals surface area contributed by atoms with Crippen LogP contribution in [0.2, 0.25) is 0 Å². The van der Waals surface area contributed by atoms with Crippen molar-refractivity contribution >= 4 is 0 Å². The minimum absolute atomic E-state index is 0.285. The molecule has 0 amide bonds. The maximum absolute atomic E-state index is 12.2. The van der Waals surface area contributed by atoms with E-state index in [9.17, 15) is 5.11 Å². The van der Waals surface area contributed by atoms with Gasteiger partial charge in [-0.2, -0.15) is 0 Å². The number of fused-ring (bicyclic) bond motifs is 5. The normalized spacial score (nSPS) is 46.5. The van der Waals surface area contributed by atoms with Crippen LogP contribution in [0.4, 0.5) is 0 Å². The van der Waals surface area contributed by atoms with Crippen LogP contribution in [0.15, 0.2) is 11.6 Å². The summed E-state index contributed by atoms with van der Waals surface area (Å²) in [5.74, 6) is 3.49. The first-order valence-electron chi connectivity index (χ1n) is 12.6. The Hall–Kier alpha value is -0.300. The number of hydrogen-bond donors (Lipinski definition) is 1. The molecule has 1 N–H and O–H groups in total. The molecule has 1 heteroatoms. The van der Waals surface area contributed by atoms with Crippen LogP contribution in [-0.2, 0) is 0 Å². The fraction of sp³-hybridized carbons (Fsp3) is 0.926. The molecule has 0 aromatic carbocycles. The SMILES string of the molecule is CC(C)CCC[C@@H](C)[C@H]1CC[C@H]2C3(O)CC=C4CCCC[C@]4(C)[C@H]3CC[C@]12C. The van der Waals surface area contributed by atoms with Gasteiger partial charge in [-0.15, -0.1) is 0 Å². The van der Waals surface area contributed by atoms with Crippen molar-refractivity contribution in [3.63, 3.8) is 0 Å². The third-order valence-corrected chi connectivity index (χ3v) is 10.3. The monoisotopic (exact) mass is 386 g/mol. The summed E-state index contributed by atoms with van der Waals surface area (Å²) < 4.78 is 0. The van der Waals surface area contributed by atoms with Gasteiger partial charge in [-0.3, -0.25) is 0 Å². The van der Waals surface area contributed by atoms with Crippen molar-refractivity contribution in [1.82, 2.24) is 0 Å². The molecule has 4 aliphatic carbocycles. The largest absolute Gasteiger partial charge is 0.389 e. The first-order valence-corrected chi connectivity index (χ1v) is 12.6. The van der Waals surface area contributed by atoms with Crippen LogP contribution < -0.4 is 0 Å². The molecule has 0 aromatic heterocycles. The predicted molar refractivity (Wildman–Crippen MR) is 119 cm³/mol. The van der Waals surface area contributed by atoms with Gasteiger partial charge in [0, 0.05) is 0 Å². The second kappa shape index (κ2) is 7.44. The highest BCUT2D eigenvalue weighted by Gasteiger charge is 2.65. The molecule has 0 saturated heterocycles. The van der Waals surface area contributed by atoms with E-state index in [1.165, 1.54) is 70.6 Å². The van der Waals surface area contributed by atoms with Gasteiger partial charge < -0.3 is 5.11 Å². The van der Waals surface area contributed by atoms with E-state index in [-0.39, 0.29) is 5.41 Å². The Labute approximate surface area is 174 Å². The molecule has 1 unspecified atom stereocenters. The molecule has 3 fully saturated rings. The Morgan fingerprint density at radius 3 is 2.54 bits per heavy atom. The van der Waals surface area contributed by atoms with Crippen LogP contribution in [0.5, 0.6) is 0 Å². The Balaban J connectivity index is 1.55. The van der Waals surface area contributed by atoms with Gasteiger partial charge in [0.25, 0.3) is 0 Å². The van der Waals surface area contributed by atoms with Crippen molar-refractivity contribution in [1.29, 1.82) is 0 Å². The van der Waals surface area contributed by atoms with E-state index in [0.717, 1.165) is 24.2 Å². The molecule has 160 valence electrons. The summed E-state index contributed by atoms with van der Waals surface area (Å²) in [4.78, 5) is 0. The minimum atomic E-state index is -0.436. The number of hydrogen-bond acceptors (Lipinski definition) is 1. The fourth-order valence-corrected chi connectivity index (χ4v) is 8.81.